The topological polar surface area (TPSA) is 95.4 Å². The predicted molar refractivity (Wildman–Crippen MR) is 104 cm³/mol. The van der Waals surface area contributed by atoms with Gasteiger partial charge in [0.25, 0.3) is 0 Å². The van der Waals surface area contributed by atoms with Crippen molar-refractivity contribution in [3.63, 3.8) is 0 Å². The molecule has 0 fully saturated rings. The number of hydrogen-bond donors (Lipinski definition) is 1. The molecule has 0 spiro atoms. The molecular formula is C17H17N7S2. The van der Waals surface area contributed by atoms with Crippen LogP contribution >= 0.6 is 23.1 Å². The molecule has 0 radical (unpaired) electrons. The molecule has 0 aromatic carbocycles. The highest BCUT2D eigenvalue weighted by molar-refractivity contribution is 7.98. The van der Waals surface area contributed by atoms with E-state index in [-0.39, 0.29) is 0 Å². The lowest BCUT2D eigenvalue weighted by atomic mass is 9.97. The second-order valence-electron chi connectivity index (χ2n) is 6.39. The minimum Gasteiger partial charge on any atom is -0.383 e. The van der Waals surface area contributed by atoms with Crippen LogP contribution in [0.4, 0.5) is 5.82 Å². The number of nitrogens with two attached hydrogens (primary N) is 1. The summed E-state index contributed by atoms with van der Waals surface area (Å²) in [6.45, 7) is 0. The first-order chi connectivity index (χ1) is 12.7. The van der Waals surface area contributed by atoms with Crippen LogP contribution in [-0.4, -0.2) is 29.7 Å². The Morgan fingerprint density at radius 1 is 1.23 bits per heavy atom. The predicted octanol–water partition coefficient (Wildman–Crippen LogP) is 3.12. The molecule has 1 aliphatic carbocycles. The maximum Gasteiger partial charge on any atom is 0.162 e. The molecule has 4 aromatic heterocycles. The van der Waals surface area contributed by atoms with Crippen LogP contribution in [0.2, 0.25) is 0 Å². The van der Waals surface area contributed by atoms with E-state index in [0.717, 1.165) is 44.9 Å². The maximum absolute atomic E-state index is 6.30. The zero-order chi connectivity index (χ0) is 17.7. The first kappa shape index (κ1) is 16.0. The van der Waals surface area contributed by atoms with E-state index in [9.17, 15) is 0 Å². The molecule has 132 valence electrons. The summed E-state index contributed by atoms with van der Waals surface area (Å²) in [5, 5.41) is 7.16. The normalized spacial score (nSPS) is 14.2. The summed E-state index contributed by atoms with van der Waals surface area (Å²) < 4.78 is 1.75. The van der Waals surface area contributed by atoms with Crippen LogP contribution in [0.3, 0.4) is 0 Å². The number of fused-ring (bicyclic) bond motifs is 4. The third kappa shape index (κ3) is 2.53. The van der Waals surface area contributed by atoms with Crippen molar-refractivity contribution in [3.8, 4) is 0 Å². The maximum atomic E-state index is 6.30. The summed E-state index contributed by atoms with van der Waals surface area (Å²) in [5.41, 5.74) is 8.49. The zero-order valence-corrected chi connectivity index (χ0v) is 15.9. The van der Waals surface area contributed by atoms with Gasteiger partial charge in [0.05, 0.1) is 22.7 Å². The van der Waals surface area contributed by atoms with Crippen molar-refractivity contribution < 1.29 is 0 Å². The van der Waals surface area contributed by atoms with E-state index in [0.29, 0.717) is 11.6 Å². The number of nitrogens with zero attached hydrogens (tertiary/aromatic N) is 6. The van der Waals surface area contributed by atoms with Gasteiger partial charge in [-0.25, -0.2) is 19.9 Å². The lowest BCUT2D eigenvalue weighted by Gasteiger charge is -2.10. The van der Waals surface area contributed by atoms with Gasteiger partial charge in [0.15, 0.2) is 5.65 Å². The molecular weight excluding hydrogens is 366 g/mol. The Morgan fingerprint density at radius 3 is 3.04 bits per heavy atom. The summed E-state index contributed by atoms with van der Waals surface area (Å²) in [5.74, 6) is 1.97. The highest BCUT2D eigenvalue weighted by Crippen LogP contribution is 2.38. The van der Waals surface area contributed by atoms with Gasteiger partial charge in [0.1, 0.15) is 27.8 Å². The zero-order valence-electron chi connectivity index (χ0n) is 14.3. The monoisotopic (exact) mass is 383 g/mol. The molecule has 5 rings (SSSR count). The van der Waals surface area contributed by atoms with Crippen LogP contribution in [-0.2, 0) is 25.6 Å². The van der Waals surface area contributed by atoms with Crippen molar-refractivity contribution in [1.29, 1.82) is 0 Å². The molecule has 1 aliphatic rings. The molecule has 7 nitrogen and oxygen atoms in total. The summed E-state index contributed by atoms with van der Waals surface area (Å²) in [4.78, 5) is 20.5. The summed E-state index contributed by atoms with van der Waals surface area (Å²) in [7, 11) is 1.88. The van der Waals surface area contributed by atoms with Gasteiger partial charge in [-0.3, -0.25) is 4.68 Å². The lowest BCUT2D eigenvalue weighted by Crippen LogP contribution is -2.02. The van der Waals surface area contributed by atoms with Crippen LogP contribution in [0.5, 0.6) is 0 Å². The van der Waals surface area contributed by atoms with Gasteiger partial charge in [-0.05, 0) is 31.2 Å². The first-order valence-electron chi connectivity index (χ1n) is 8.53. The number of aryl methyl sites for hydroxylation is 3. The molecule has 0 saturated heterocycles. The minimum absolute atomic E-state index is 0.610. The molecule has 4 heterocycles. The molecule has 9 heteroatoms. The van der Waals surface area contributed by atoms with Gasteiger partial charge < -0.3 is 5.73 Å². The smallest absolute Gasteiger partial charge is 0.162 e. The number of thiophene rings is 1. The third-order valence-corrected chi connectivity index (χ3v) is 6.91. The average molecular weight is 384 g/mol. The largest absolute Gasteiger partial charge is 0.383 e. The molecule has 0 amide bonds. The van der Waals surface area contributed by atoms with Crippen LogP contribution in [0.25, 0.3) is 21.3 Å². The van der Waals surface area contributed by atoms with Gasteiger partial charge >= 0.3 is 0 Å². The van der Waals surface area contributed by atoms with E-state index in [1.165, 1.54) is 23.3 Å². The van der Waals surface area contributed by atoms with Gasteiger partial charge in [0, 0.05) is 11.9 Å². The molecule has 4 aromatic rings. The van der Waals surface area contributed by atoms with Crippen molar-refractivity contribution in [2.24, 2.45) is 7.05 Å². The van der Waals surface area contributed by atoms with Crippen molar-refractivity contribution in [2.75, 3.05) is 5.73 Å². The van der Waals surface area contributed by atoms with Gasteiger partial charge in [-0.1, -0.05) is 11.8 Å². The van der Waals surface area contributed by atoms with E-state index in [1.807, 2.05) is 7.05 Å². The molecule has 26 heavy (non-hydrogen) atoms. The second-order valence-corrected chi connectivity index (χ2v) is 8.44. The fourth-order valence-electron chi connectivity index (χ4n) is 3.48. The van der Waals surface area contributed by atoms with Crippen molar-refractivity contribution in [3.05, 3.63) is 28.8 Å². The van der Waals surface area contributed by atoms with E-state index in [2.05, 4.69) is 20.1 Å². The lowest BCUT2D eigenvalue weighted by molar-refractivity contribution is 0.700. The number of anilines is 1. The summed E-state index contributed by atoms with van der Waals surface area (Å²) in [6.07, 6.45) is 8.08. The second kappa shape index (κ2) is 6.17. The highest BCUT2D eigenvalue weighted by atomic mass is 32.2. The molecule has 2 N–H and O–H groups in total. The number of rotatable bonds is 3. The van der Waals surface area contributed by atoms with Crippen molar-refractivity contribution in [1.82, 2.24) is 29.7 Å². The average Bonchev–Trinajstić information content (AvgIpc) is 3.21. The Bertz CT molecular complexity index is 1130. The van der Waals surface area contributed by atoms with E-state index < -0.39 is 0 Å². The number of hydrogen-bond acceptors (Lipinski definition) is 8. The van der Waals surface area contributed by atoms with E-state index in [1.54, 1.807) is 40.3 Å². The van der Waals surface area contributed by atoms with Crippen molar-refractivity contribution in [2.45, 2.75) is 36.5 Å². The first-order valence-corrected chi connectivity index (χ1v) is 10.3. The summed E-state index contributed by atoms with van der Waals surface area (Å²) >= 11 is 3.36. The van der Waals surface area contributed by atoms with Crippen LogP contribution in [0, 0.1) is 0 Å². The van der Waals surface area contributed by atoms with E-state index >= 15 is 0 Å². The van der Waals surface area contributed by atoms with Crippen LogP contribution < -0.4 is 5.73 Å². The molecule has 0 aliphatic heterocycles. The molecule has 0 unspecified atom stereocenters. The fourth-order valence-corrected chi connectivity index (χ4v) is 5.59. The van der Waals surface area contributed by atoms with Crippen LogP contribution in [0.15, 0.2) is 17.6 Å². The fraction of sp³-hybridized carbons (Fsp3) is 0.353. The van der Waals surface area contributed by atoms with Gasteiger partial charge in [0.2, 0.25) is 0 Å². The minimum atomic E-state index is 0.610. The molecule has 0 atom stereocenters. The number of thioether (sulfide) groups is 1. The van der Waals surface area contributed by atoms with Crippen molar-refractivity contribution >= 4 is 50.2 Å². The number of nitrogen functional groups attached to an aromatic ring is 1. The van der Waals surface area contributed by atoms with E-state index in [4.69, 9.17) is 10.7 Å². The Balaban J connectivity index is 1.48. The van der Waals surface area contributed by atoms with Crippen LogP contribution in [0.1, 0.15) is 29.1 Å². The Morgan fingerprint density at radius 2 is 2.12 bits per heavy atom. The van der Waals surface area contributed by atoms with Gasteiger partial charge in [-0.2, -0.15) is 5.10 Å². The molecule has 0 bridgehead atoms. The Labute approximate surface area is 158 Å². The SMILES string of the molecule is Cn1ncc2c(SCc3nc(N)c4c5c(sc4n3)CCCC5)ncnc21. The third-order valence-electron chi connectivity index (χ3n) is 4.72. The number of aromatic nitrogens is 6. The standard InChI is InChI=1S/C17H17N7S2/c1-24-15-10(6-21-24)16(20-8-19-15)25-7-12-22-14(18)13-9-4-2-3-5-11(9)26-17(13)23-12/h6,8H,2-5,7H2,1H3,(H2,18,22,23). The van der Waals surface area contributed by atoms with Gasteiger partial charge in [-0.15, -0.1) is 11.3 Å². The Hall–Kier alpha value is -2.26. The highest BCUT2D eigenvalue weighted by Gasteiger charge is 2.20. The Kier molecular flexibility index (Phi) is 3.79. The summed E-state index contributed by atoms with van der Waals surface area (Å²) in [6, 6.07) is 0. The molecule has 0 saturated carbocycles. The quantitative estimate of drug-likeness (QED) is 0.429.